The van der Waals surface area contributed by atoms with Crippen LogP contribution in [0.4, 0.5) is 18.9 Å². The second kappa shape index (κ2) is 7.59. The SMILES string of the molecule is O=C1Nc2ccccc2OCC12CCN(Cc1ccc(OC(F)(F)F)cc1)CC2. The molecular weight excluding hydrogens is 385 g/mol. The highest BCUT2D eigenvalue weighted by atomic mass is 19.4. The van der Waals surface area contributed by atoms with Crippen LogP contribution >= 0.6 is 0 Å². The normalized spacial score (nSPS) is 19.1. The Balaban J connectivity index is 1.35. The van der Waals surface area contributed by atoms with E-state index in [2.05, 4.69) is 15.0 Å². The minimum absolute atomic E-state index is 0.0178. The zero-order valence-corrected chi connectivity index (χ0v) is 15.7. The number of anilines is 1. The number of nitrogens with one attached hydrogen (secondary N) is 1. The highest BCUT2D eigenvalue weighted by Gasteiger charge is 2.44. The Morgan fingerprint density at radius 1 is 1.07 bits per heavy atom. The van der Waals surface area contributed by atoms with Gasteiger partial charge in [-0.3, -0.25) is 9.69 Å². The van der Waals surface area contributed by atoms with Crippen LogP contribution in [-0.2, 0) is 11.3 Å². The fourth-order valence-corrected chi connectivity index (χ4v) is 3.80. The number of fused-ring (bicyclic) bond motifs is 1. The monoisotopic (exact) mass is 406 g/mol. The van der Waals surface area contributed by atoms with Crippen LogP contribution in [0, 0.1) is 5.41 Å². The summed E-state index contributed by atoms with van der Waals surface area (Å²) >= 11 is 0. The molecule has 4 rings (SSSR count). The van der Waals surface area contributed by atoms with E-state index in [1.165, 1.54) is 12.1 Å². The van der Waals surface area contributed by atoms with Gasteiger partial charge in [-0.2, -0.15) is 0 Å². The van der Waals surface area contributed by atoms with E-state index in [4.69, 9.17) is 4.74 Å². The van der Waals surface area contributed by atoms with Crippen molar-refractivity contribution in [2.45, 2.75) is 25.7 Å². The third kappa shape index (κ3) is 4.48. The minimum atomic E-state index is -4.69. The second-order valence-electron chi connectivity index (χ2n) is 7.49. The molecule has 2 aliphatic heterocycles. The van der Waals surface area contributed by atoms with Gasteiger partial charge in [-0.15, -0.1) is 13.2 Å². The molecule has 1 fully saturated rings. The van der Waals surface area contributed by atoms with Crippen molar-refractivity contribution in [3.05, 3.63) is 54.1 Å². The number of carbonyl (C=O) groups excluding carboxylic acids is 1. The molecule has 1 spiro atoms. The van der Waals surface area contributed by atoms with Gasteiger partial charge in [0.1, 0.15) is 18.1 Å². The standard InChI is InChI=1S/C21H21F3N2O3/c22-21(23,24)29-16-7-5-15(6-8-16)13-26-11-9-20(10-12-26)14-28-18-4-2-1-3-17(18)25-19(20)27/h1-8H,9-14H2,(H,25,27). The number of ether oxygens (including phenoxy) is 2. The largest absolute Gasteiger partial charge is 0.573 e. The lowest BCUT2D eigenvalue weighted by Gasteiger charge is -2.39. The zero-order chi connectivity index (χ0) is 20.5. The van der Waals surface area contributed by atoms with Crippen molar-refractivity contribution in [1.29, 1.82) is 0 Å². The second-order valence-corrected chi connectivity index (χ2v) is 7.49. The first-order valence-electron chi connectivity index (χ1n) is 9.43. The number of alkyl halides is 3. The van der Waals surface area contributed by atoms with Crippen molar-refractivity contribution in [1.82, 2.24) is 4.90 Å². The van der Waals surface area contributed by atoms with Crippen LogP contribution in [0.2, 0.25) is 0 Å². The van der Waals surface area contributed by atoms with Gasteiger partial charge in [-0.25, -0.2) is 0 Å². The van der Waals surface area contributed by atoms with Gasteiger partial charge in [0.2, 0.25) is 5.91 Å². The van der Waals surface area contributed by atoms with E-state index in [9.17, 15) is 18.0 Å². The van der Waals surface area contributed by atoms with Gasteiger partial charge in [-0.05, 0) is 55.8 Å². The van der Waals surface area contributed by atoms with Crippen LogP contribution in [0.3, 0.4) is 0 Å². The smallest absolute Gasteiger partial charge is 0.490 e. The summed E-state index contributed by atoms with van der Waals surface area (Å²) in [5.74, 6) is 0.433. The van der Waals surface area contributed by atoms with Gasteiger partial charge in [0, 0.05) is 6.54 Å². The topological polar surface area (TPSA) is 50.8 Å². The zero-order valence-electron chi connectivity index (χ0n) is 15.7. The van der Waals surface area contributed by atoms with Crippen LogP contribution < -0.4 is 14.8 Å². The number of nitrogens with zero attached hydrogens (tertiary/aromatic N) is 1. The molecule has 0 atom stereocenters. The number of para-hydroxylation sites is 2. The molecule has 0 aliphatic carbocycles. The Kier molecular flexibility index (Phi) is 5.12. The van der Waals surface area contributed by atoms with Crippen molar-refractivity contribution in [2.75, 3.05) is 25.0 Å². The quantitative estimate of drug-likeness (QED) is 0.830. The molecular formula is C21H21F3N2O3. The van der Waals surface area contributed by atoms with E-state index in [1.807, 2.05) is 24.3 Å². The third-order valence-corrected chi connectivity index (χ3v) is 5.50. The maximum absolute atomic E-state index is 12.9. The molecule has 0 radical (unpaired) electrons. The van der Waals surface area contributed by atoms with Gasteiger partial charge >= 0.3 is 6.36 Å². The van der Waals surface area contributed by atoms with Crippen LogP contribution in [0.5, 0.6) is 11.5 Å². The van der Waals surface area contributed by atoms with E-state index in [0.29, 0.717) is 50.5 Å². The van der Waals surface area contributed by atoms with E-state index >= 15 is 0 Å². The van der Waals surface area contributed by atoms with Gasteiger partial charge in [0.15, 0.2) is 0 Å². The van der Waals surface area contributed by atoms with Crippen LogP contribution in [0.1, 0.15) is 18.4 Å². The lowest BCUT2D eigenvalue weighted by molar-refractivity contribution is -0.274. The Labute approximate surface area is 166 Å². The van der Waals surface area contributed by atoms with Crippen molar-refractivity contribution in [3.8, 4) is 11.5 Å². The molecule has 2 aliphatic rings. The number of piperidine rings is 1. The first kappa shape index (κ1) is 19.6. The van der Waals surface area contributed by atoms with Crippen LogP contribution in [-0.4, -0.2) is 36.9 Å². The number of rotatable bonds is 3. The fraction of sp³-hybridized carbons (Fsp3) is 0.381. The van der Waals surface area contributed by atoms with Gasteiger partial charge in [0.05, 0.1) is 11.1 Å². The van der Waals surface area contributed by atoms with E-state index in [0.717, 1.165) is 5.56 Å². The van der Waals surface area contributed by atoms with Crippen molar-refractivity contribution < 1.29 is 27.4 Å². The average molecular weight is 406 g/mol. The predicted molar refractivity (Wildman–Crippen MR) is 101 cm³/mol. The van der Waals surface area contributed by atoms with Gasteiger partial charge < -0.3 is 14.8 Å². The van der Waals surface area contributed by atoms with Crippen LogP contribution in [0.15, 0.2) is 48.5 Å². The molecule has 8 heteroatoms. The molecule has 2 heterocycles. The molecule has 1 amide bonds. The lowest BCUT2D eigenvalue weighted by Crippen LogP contribution is -2.48. The highest BCUT2D eigenvalue weighted by Crippen LogP contribution is 2.39. The molecule has 2 aromatic carbocycles. The Bertz CT molecular complexity index is 875. The maximum atomic E-state index is 12.9. The molecule has 1 saturated heterocycles. The highest BCUT2D eigenvalue weighted by molar-refractivity contribution is 5.97. The van der Waals surface area contributed by atoms with Gasteiger partial charge in [-0.1, -0.05) is 24.3 Å². The predicted octanol–water partition coefficient (Wildman–Crippen LogP) is 4.20. The Hall–Kier alpha value is -2.74. The first-order chi connectivity index (χ1) is 13.8. The molecule has 154 valence electrons. The lowest BCUT2D eigenvalue weighted by atomic mass is 9.78. The Morgan fingerprint density at radius 2 is 1.76 bits per heavy atom. The van der Waals surface area contributed by atoms with Crippen molar-refractivity contribution in [3.63, 3.8) is 0 Å². The number of benzene rings is 2. The van der Waals surface area contributed by atoms with E-state index < -0.39 is 11.8 Å². The van der Waals surface area contributed by atoms with E-state index in [-0.39, 0.29) is 11.7 Å². The van der Waals surface area contributed by atoms with Crippen molar-refractivity contribution in [2.24, 2.45) is 5.41 Å². The Morgan fingerprint density at radius 3 is 2.45 bits per heavy atom. The number of halogens is 3. The summed E-state index contributed by atoms with van der Waals surface area (Å²) in [6.45, 7) is 2.35. The number of carbonyl (C=O) groups is 1. The molecule has 1 N–H and O–H groups in total. The number of likely N-dealkylation sites (tertiary alicyclic amines) is 1. The summed E-state index contributed by atoms with van der Waals surface area (Å²) in [6, 6.07) is 13.3. The molecule has 0 saturated carbocycles. The molecule has 5 nitrogen and oxygen atoms in total. The molecule has 0 bridgehead atoms. The third-order valence-electron chi connectivity index (χ3n) is 5.50. The number of hydrogen-bond donors (Lipinski definition) is 1. The average Bonchev–Trinajstić information content (AvgIpc) is 2.81. The van der Waals surface area contributed by atoms with Gasteiger partial charge in [0.25, 0.3) is 0 Å². The molecule has 29 heavy (non-hydrogen) atoms. The summed E-state index contributed by atoms with van der Waals surface area (Å²) in [4.78, 5) is 15.0. The summed E-state index contributed by atoms with van der Waals surface area (Å²) in [7, 11) is 0. The first-order valence-corrected chi connectivity index (χ1v) is 9.43. The number of hydrogen-bond acceptors (Lipinski definition) is 4. The summed E-state index contributed by atoms with van der Waals surface area (Å²) in [6.07, 6.45) is -3.38. The molecule has 2 aromatic rings. The van der Waals surface area contributed by atoms with E-state index in [1.54, 1.807) is 12.1 Å². The fourth-order valence-electron chi connectivity index (χ4n) is 3.80. The summed E-state index contributed by atoms with van der Waals surface area (Å²) in [5, 5.41) is 2.98. The minimum Gasteiger partial charge on any atom is -0.490 e. The molecule has 0 aromatic heterocycles. The summed E-state index contributed by atoms with van der Waals surface area (Å²) < 4.78 is 46.6. The van der Waals surface area contributed by atoms with Crippen molar-refractivity contribution >= 4 is 11.6 Å². The number of amides is 1. The maximum Gasteiger partial charge on any atom is 0.573 e. The molecule has 0 unspecified atom stereocenters. The summed E-state index contributed by atoms with van der Waals surface area (Å²) in [5.41, 5.74) is 1.02. The van der Waals surface area contributed by atoms with Crippen LogP contribution in [0.25, 0.3) is 0 Å².